The Hall–Kier alpha value is -2.92. The molecule has 1 aromatic heterocycles. The maximum atomic E-state index is 12.9. The summed E-state index contributed by atoms with van der Waals surface area (Å²) in [4.78, 5) is 17.6. The second-order valence-electron chi connectivity index (χ2n) is 6.44. The number of benzene rings is 3. The smallest absolute Gasteiger partial charge is 0.267 e. The van der Waals surface area contributed by atoms with E-state index in [1.807, 2.05) is 36.4 Å². The molecule has 0 aliphatic heterocycles. The average molecular weight is 455 g/mol. The van der Waals surface area contributed by atoms with Crippen molar-refractivity contribution in [2.24, 2.45) is 5.10 Å². The fourth-order valence-corrected chi connectivity index (χ4v) is 3.54. The summed E-state index contributed by atoms with van der Waals surface area (Å²) in [6.45, 7) is 0. The van der Waals surface area contributed by atoms with Gasteiger partial charge < -0.3 is 0 Å². The number of aromatic nitrogens is 1. The average Bonchev–Trinajstić information content (AvgIpc) is 2.75. The molecule has 0 atom stereocenters. The van der Waals surface area contributed by atoms with Crippen LogP contribution in [0.25, 0.3) is 22.2 Å². The molecule has 0 spiro atoms. The highest BCUT2D eigenvalue weighted by Crippen LogP contribution is 2.26. The van der Waals surface area contributed by atoms with E-state index in [0.29, 0.717) is 37.4 Å². The van der Waals surface area contributed by atoms with Crippen molar-refractivity contribution in [2.45, 2.75) is 0 Å². The second kappa shape index (κ2) is 8.84. The molecule has 0 saturated heterocycles. The number of hydrogen-bond donors (Lipinski definition) is 1. The minimum absolute atomic E-state index is 0.356. The molecule has 1 N–H and O–H groups in total. The monoisotopic (exact) mass is 453 g/mol. The van der Waals surface area contributed by atoms with Gasteiger partial charge in [-0.05, 0) is 36.4 Å². The lowest BCUT2D eigenvalue weighted by molar-refractivity contribution is 0.0956. The number of fused-ring (bicyclic) bond motifs is 1. The van der Waals surface area contributed by atoms with Gasteiger partial charge in [0.1, 0.15) is 0 Å². The number of para-hydroxylation sites is 1. The summed E-state index contributed by atoms with van der Waals surface area (Å²) >= 11 is 18.0. The van der Waals surface area contributed by atoms with E-state index in [0.717, 1.165) is 10.9 Å². The molecule has 0 saturated carbocycles. The van der Waals surface area contributed by atoms with Crippen molar-refractivity contribution in [2.75, 3.05) is 0 Å². The number of carbonyl (C=O) groups is 1. The highest BCUT2D eigenvalue weighted by Gasteiger charge is 2.13. The predicted molar refractivity (Wildman–Crippen MR) is 124 cm³/mol. The lowest BCUT2D eigenvalue weighted by atomic mass is 10.0. The van der Waals surface area contributed by atoms with Crippen LogP contribution in [0.1, 0.15) is 15.9 Å². The number of amides is 1. The molecule has 4 aromatic rings. The van der Waals surface area contributed by atoms with Crippen molar-refractivity contribution in [3.8, 4) is 11.3 Å². The highest BCUT2D eigenvalue weighted by molar-refractivity contribution is 6.36. The minimum atomic E-state index is -0.356. The summed E-state index contributed by atoms with van der Waals surface area (Å²) in [5.41, 5.74) is 5.90. The molecule has 0 aliphatic rings. The molecule has 1 heterocycles. The van der Waals surface area contributed by atoms with Crippen LogP contribution in [0.2, 0.25) is 15.1 Å². The Balaban J connectivity index is 1.67. The Bertz CT molecular complexity index is 1270. The second-order valence-corrected chi connectivity index (χ2v) is 7.72. The molecular weight excluding hydrogens is 441 g/mol. The summed E-state index contributed by atoms with van der Waals surface area (Å²) in [7, 11) is 0. The van der Waals surface area contributed by atoms with Crippen LogP contribution in [0.4, 0.5) is 0 Å². The SMILES string of the molecule is O=C(NN=Cc1ccc(Cl)cc1Cl)c1cc(-c2ccc(Cl)cc2)nc2ccccc12. The third-order valence-electron chi connectivity index (χ3n) is 4.43. The summed E-state index contributed by atoms with van der Waals surface area (Å²) in [5, 5.41) is 6.37. The number of carbonyl (C=O) groups excluding carboxylic acids is 1. The first kappa shape index (κ1) is 20.4. The first-order valence-corrected chi connectivity index (χ1v) is 10.1. The van der Waals surface area contributed by atoms with Gasteiger partial charge in [0.05, 0.1) is 28.0 Å². The normalized spacial score (nSPS) is 11.2. The molecule has 0 bridgehead atoms. The number of pyridine rings is 1. The summed E-state index contributed by atoms with van der Waals surface area (Å²) < 4.78 is 0. The fourth-order valence-electron chi connectivity index (χ4n) is 2.96. The minimum Gasteiger partial charge on any atom is -0.267 e. The van der Waals surface area contributed by atoms with Gasteiger partial charge in [0.15, 0.2) is 0 Å². The number of halogens is 3. The summed E-state index contributed by atoms with van der Waals surface area (Å²) in [6, 6.07) is 21.5. The quantitative estimate of drug-likeness (QED) is 0.278. The highest BCUT2D eigenvalue weighted by atomic mass is 35.5. The van der Waals surface area contributed by atoms with Crippen LogP contribution >= 0.6 is 34.8 Å². The fraction of sp³-hybridized carbons (Fsp3) is 0. The number of hydrazone groups is 1. The van der Waals surface area contributed by atoms with Gasteiger partial charge in [-0.1, -0.05) is 71.2 Å². The molecule has 0 radical (unpaired) electrons. The van der Waals surface area contributed by atoms with Crippen molar-refractivity contribution in [1.82, 2.24) is 10.4 Å². The topological polar surface area (TPSA) is 54.4 Å². The van der Waals surface area contributed by atoms with Crippen molar-refractivity contribution < 1.29 is 4.79 Å². The number of rotatable bonds is 4. The van der Waals surface area contributed by atoms with Gasteiger partial charge in [-0.2, -0.15) is 5.10 Å². The third kappa shape index (κ3) is 4.46. The van der Waals surface area contributed by atoms with Gasteiger partial charge in [0, 0.05) is 26.6 Å². The Morgan fingerprint density at radius 1 is 0.900 bits per heavy atom. The van der Waals surface area contributed by atoms with Crippen molar-refractivity contribution in [3.05, 3.63) is 99.0 Å². The van der Waals surface area contributed by atoms with E-state index in [-0.39, 0.29) is 5.91 Å². The molecule has 30 heavy (non-hydrogen) atoms. The van der Waals surface area contributed by atoms with E-state index < -0.39 is 0 Å². The standard InChI is InChI=1S/C23H14Cl3N3O/c24-16-8-5-14(6-9-16)22-12-19(18-3-1-2-4-21(18)28-22)23(30)29-27-13-15-7-10-17(25)11-20(15)26/h1-13H,(H,29,30). The van der Waals surface area contributed by atoms with Gasteiger partial charge in [-0.15, -0.1) is 0 Å². The molecule has 0 aliphatic carbocycles. The van der Waals surface area contributed by atoms with Gasteiger partial charge in [0.2, 0.25) is 0 Å². The maximum absolute atomic E-state index is 12.9. The van der Waals surface area contributed by atoms with Crippen LogP contribution in [0.15, 0.2) is 77.9 Å². The van der Waals surface area contributed by atoms with Crippen molar-refractivity contribution >= 4 is 57.8 Å². The maximum Gasteiger partial charge on any atom is 0.272 e. The Labute approximate surface area is 188 Å². The largest absolute Gasteiger partial charge is 0.272 e. The number of hydrogen-bond acceptors (Lipinski definition) is 3. The van der Waals surface area contributed by atoms with Gasteiger partial charge in [-0.25, -0.2) is 10.4 Å². The van der Waals surface area contributed by atoms with E-state index in [2.05, 4.69) is 15.5 Å². The first-order valence-electron chi connectivity index (χ1n) is 8.95. The van der Waals surface area contributed by atoms with Gasteiger partial charge in [-0.3, -0.25) is 4.79 Å². The first-order chi connectivity index (χ1) is 14.5. The predicted octanol–water partition coefficient (Wildman–Crippen LogP) is 6.63. The molecule has 0 unspecified atom stereocenters. The zero-order valence-corrected chi connectivity index (χ0v) is 17.7. The van der Waals surface area contributed by atoms with E-state index >= 15 is 0 Å². The molecule has 7 heteroatoms. The lowest BCUT2D eigenvalue weighted by Gasteiger charge is -2.09. The Morgan fingerprint density at radius 2 is 1.63 bits per heavy atom. The zero-order valence-electron chi connectivity index (χ0n) is 15.4. The third-order valence-corrected chi connectivity index (χ3v) is 5.25. The van der Waals surface area contributed by atoms with Crippen LogP contribution in [-0.4, -0.2) is 17.1 Å². The Kier molecular flexibility index (Phi) is 6.00. The van der Waals surface area contributed by atoms with Crippen LogP contribution in [-0.2, 0) is 0 Å². The molecular formula is C23H14Cl3N3O. The van der Waals surface area contributed by atoms with E-state index in [9.17, 15) is 4.79 Å². The van der Waals surface area contributed by atoms with Crippen molar-refractivity contribution in [3.63, 3.8) is 0 Å². The van der Waals surface area contributed by atoms with E-state index in [1.54, 1.807) is 36.4 Å². The summed E-state index contributed by atoms with van der Waals surface area (Å²) in [5.74, 6) is -0.356. The molecule has 1 amide bonds. The van der Waals surface area contributed by atoms with Crippen LogP contribution in [0, 0.1) is 0 Å². The summed E-state index contributed by atoms with van der Waals surface area (Å²) in [6.07, 6.45) is 1.47. The number of nitrogens with one attached hydrogen (secondary N) is 1. The molecule has 3 aromatic carbocycles. The molecule has 4 rings (SSSR count). The van der Waals surface area contributed by atoms with Gasteiger partial charge >= 0.3 is 0 Å². The van der Waals surface area contributed by atoms with Crippen LogP contribution in [0.5, 0.6) is 0 Å². The molecule has 0 fully saturated rings. The van der Waals surface area contributed by atoms with Crippen molar-refractivity contribution in [1.29, 1.82) is 0 Å². The molecule has 4 nitrogen and oxygen atoms in total. The van der Waals surface area contributed by atoms with Gasteiger partial charge in [0.25, 0.3) is 5.91 Å². The number of nitrogens with zero attached hydrogens (tertiary/aromatic N) is 2. The molecule has 148 valence electrons. The lowest BCUT2D eigenvalue weighted by Crippen LogP contribution is -2.18. The zero-order chi connectivity index (χ0) is 21.1. The Morgan fingerprint density at radius 3 is 2.40 bits per heavy atom. The van der Waals surface area contributed by atoms with E-state index in [4.69, 9.17) is 34.8 Å². The van der Waals surface area contributed by atoms with Crippen LogP contribution < -0.4 is 5.43 Å². The van der Waals surface area contributed by atoms with E-state index in [1.165, 1.54) is 6.21 Å². The van der Waals surface area contributed by atoms with Crippen LogP contribution in [0.3, 0.4) is 0 Å².